The van der Waals surface area contributed by atoms with E-state index in [1.807, 2.05) is 24.3 Å². The largest absolute Gasteiger partial charge is 0.456 e. The average Bonchev–Trinajstić information content (AvgIpc) is 4.10. The Hall–Kier alpha value is -8.81. The number of hydrogen-bond donors (Lipinski definition) is 0. The molecule has 0 N–H and O–H groups in total. The first kappa shape index (κ1) is 34.9. The highest BCUT2D eigenvalue weighted by molar-refractivity contribution is 6.19. The van der Waals surface area contributed by atoms with Crippen LogP contribution in [0.1, 0.15) is 0 Å². The summed E-state index contributed by atoms with van der Waals surface area (Å²) in [6, 6.07) is 72.4. The van der Waals surface area contributed by atoms with Gasteiger partial charge in [-0.3, -0.25) is 4.57 Å². The smallest absolute Gasteiger partial charge is 0.238 e. The maximum atomic E-state index is 6.96. The van der Waals surface area contributed by atoms with Crippen molar-refractivity contribution in [2.45, 2.75) is 0 Å². The molecule has 14 rings (SSSR count). The number of rotatable bonds is 5. The second-order valence-corrected chi connectivity index (χ2v) is 16.3. The van der Waals surface area contributed by atoms with Crippen molar-refractivity contribution in [3.63, 3.8) is 0 Å². The van der Waals surface area contributed by atoms with Gasteiger partial charge in [0.1, 0.15) is 11.2 Å². The van der Waals surface area contributed by atoms with Gasteiger partial charge in [-0.25, -0.2) is 4.98 Å². The summed E-state index contributed by atoms with van der Waals surface area (Å²) in [6.45, 7) is 0. The van der Waals surface area contributed by atoms with Gasteiger partial charge in [0.05, 0.1) is 55.4 Å². The van der Waals surface area contributed by atoms with Crippen LogP contribution in [0.5, 0.6) is 0 Å². The zero-order valence-electron chi connectivity index (χ0n) is 34.2. The van der Waals surface area contributed by atoms with E-state index in [2.05, 4.69) is 196 Å². The Bertz CT molecular complexity index is 4050. The minimum atomic E-state index is 0.528. The van der Waals surface area contributed by atoms with Crippen LogP contribution in [0, 0.1) is 0 Å². The molecule has 64 heavy (non-hydrogen) atoms. The molecule has 0 bridgehead atoms. The first-order valence-electron chi connectivity index (χ1n) is 21.5. The molecule has 7 heteroatoms. The van der Waals surface area contributed by atoms with Gasteiger partial charge in [0.2, 0.25) is 5.95 Å². The zero-order valence-corrected chi connectivity index (χ0v) is 34.2. The van der Waals surface area contributed by atoms with E-state index < -0.39 is 0 Å². The van der Waals surface area contributed by atoms with Gasteiger partial charge in [-0.1, -0.05) is 158 Å². The summed E-state index contributed by atoms with van der Waals surface area (Å²) in [6.07, 6.45) is 0. The number of hydrogen-bond acceptors (Lipinski definition) is 4. The molecule has 5 heterocycles. The van der Waals surface area contributed by atoms with Crippen LogP contribution >= 0.6 is 0 Å². The summed E-state index contributed by atoms with van der Waals surface area (Å²) in [5.41, 5.74) is 11.4. The Morgan fingerprint density at radius 3 is 1.25 bits per heavy atom. The summed E-state index contributed by atoms with van der Waals surface area (Å²) in [7, 11) is 0. The fraction of sp³-hybridized carbons (Fsp3) is 0. The second kappa shape index (κ2) is 13.3. The lowest BCUT2D eigenvalue weighted by atomic mass is 10.0. The summed E-state index contributed by atoms with van der Waals surface area (Å²) in [4.78, 5) is 16.6. The van der Waals surface area contributed by atoms with E-state index in [0.717, 1.165) is 110 Å². The summed E-state index contributed by atoms with van der Waals surface area (Å²) < 4.78 is 13.9. The Labute approximate surface area is 365 Å². The quantitative estimate of drug-likeness (QED) is 0.173. The van der Waals surface area contributed by atoms with Crippen LogP contribution in [-0.4, -0.2) is 28.7 Å². The van der Waals surface area contributed by atoms with E-state index in [4.69, 9.17) is 19.4 Å². The van der Waals surface area contributed by atoms with Crippen molar-refractivity contribution in [2.24, 2.45) is 0 Å². The molecule has 0 atom stereocenters. The molecule has 5 aromatic heterocycles. The number of aromatic nitrogens is 6. The number of benzene rings is 9. The third kappa shape index (κ3) is 4.89. The van der Waals surface area contributed by atoms with Crippen LogP contribution in [-0.2, 0) is 0 Å². The minimum absolute atomic E-state index is 0.528. The van der Waals surface area contributed by atoms with E-state index >= 15 is 0 Å². The number of fused-ring (bicyclic) bond motifs is 12. The van der Waals surface area contributed by atoms with Gasteiger partial charge >= 0.3 is 0 Å². The molecular weight excluding hydrogens is 785 g/mol. The predicted molar refractivity (Wildman–Crippen MR) is 261 cm³/mol. The van der Waals surface area contributed by atoms with Crippen LogP contribution in [0.4, 0.5) is 0 Å². The van der Waals surface area contributed by atoms with Crippen molar-refractivity contribution >= 4 is 87.4 Å². The van der Waals surface area contributed by atoms with Crippen molar-refractivity contribution in [1.29, 1.82) is 0 Å². The molecule has 0 amide bonds. The van der Waals surface area contributed by atoms with Gasteiger partial charge in [-0.2, -0.15) is 9.97 Å². The standard InChI is InChI=1S/C57H34N6O/c1-2-18-35(19-3-1)55-58-56(60-57(59-55)63-47-31-15-8-24-40(47)41-25-9-16-32-48(41)63)53-49(61-43-27-11-4-20-36(43)37-21-5-12-28-44(37)61)34-51-52(42-26-10-17-33-50(42)64-51)54(53)62-45-29-13-6-22-38(45)39-23-7-14-30-46(39)62/h1-34H. The first-order chi connectivity index (χ1) is 31.8. The molecule has 0 unspecified atom stereocenters. The summed E-state index contributed by atoms with van der Waals surface area (Å²) in [5, 5.41) is 8.84. The van der Waals surface area contributed by atoms with Crippen LogP contribution in [0.25, 0.3) is 127 Å². The monoisotopic (exact) mass is 818 g/mol. The van der Waals surface area contributed by atoms with Gasteiger partial charge in [0.15, 0.2) is 11.6 Å². The van der Waals surface area contributed by atoms with Crippen molar-refractivity contribution in [3.05, 3.63) is 206 Å². The molecule has 0 fully saturated rings. The number of nitrogens with zero attached hydrogens (tertiary/aromatic N) is 6. The van der Waals surface area contributed by atoms with Crippen LogP contribution < -0.4 is 0 Å². The van der Waals surface area contributed by atoms with Crippen molar-refractivity contribution in [2.75, 3.05) is 0 Å². The Morgan fingerprint density at radius 2 is 0.734 bits per heavy atom. The molecule has 0 radical (unpaired) electrons. The van der Waals surface area contributed by atoms with E-state index in [-0.39, 0.29) is 0 Å². The van der Waals surface area contributed by atoms with Gasteiger partial charge < -0.3 is 13.6 Å². The molecule has 7 nitrogen and oxygen atoms in total. The predicted octanol–water partition coefficient (Wildman–Crippen LogP) is 14.4. The lowest BCUT2D eigenvalue weighted by Crippen LogP contribution is -2.10. The molecule has 298 valence electrons. The average molecular weight is 819 g/mol. The minimum Gasteiger partial charge on any atom is -0.456 e. The SMILES string of the molecule is c1ccc(-c2nc(-c3c(-n4c5ccccc5c5ccccc54)cc4oc5ccccc5c4c3-n3c4ccccc4c4ccccc43)nc(-n3c4ccccc4c4ccccc43)n2)cc1. The van der Waals surface area contributed by atoms with Crippen LogP contribution in [0.2, 0.25) is 0 Å². The van der Waals surface area contributed by atoms with Gasteiger partial charge in [-0.05, 0) is 42.5 Å². The Balaban J connectivity index is 1.24. The normalized spacial score (nSPS) is 12.1. The fourth-order valence-corrected chi connectivity index (χ4v) is 10.2. The molecule has 0 aliphatic heterocycles. The van der Waals surface area contributed by atoms with Gasteiger partial charge in [0, 0.05) is 49.3 Å². The maximum absolute atomic E-state index is 6.96. The highest BCUT2D eigenvalue weighted by atomic mass is 16.3. The van der Waals surface area contributed by atoms with Crippen molar-refractivity contribution < 1.29 is 4.42 Å². The lowest BCUT2D eigenvalue weighted by molar-refractivity contribution is 0.668. The highest BCUT2D eigenvalue weighted by Gasteiger charge is 2.30. The lowest BCUT2D eigenvalue weighted by Gasteiger charge is -2.21. The Kier molecular flexibility index (Phi) is 7.27. The molecule has 0 saturated heterocycles. The van der Waals surface area contributed by atoms with Crippen LogP contribution in [0.15, 0.2) is 211 Å². The molecule has 14 aromatic rings. The third-order valence-corrected chi connectivity index (χ3v) is 12.9. The number of para-hydroxylation sites is 7. The molecule has 0 spiro atoms. The van der Waals surface area contributed by atoms with Gasteiger partial charge in [-0.15, -0.1) is 0 Å². The third-order valence-electron chi connectivity index (χ3n) is 12.9. The molecular formula is C57H34N6O. The van der Waals surface area contributed by atoms with Gasteiger partial charge in [0.25, 0.3) is 0 Å². The number of furan rings is 1. The van der Waals surface area contributed by atoms with Crippen molar-refractivity contribution in [1.82, 2.24) is 28.7 Å². The fourth-order valence-electron chi connectivity index (χ4n) is 10.2. The molecule has 0 aliphatic rings. The van der Waals surface area contributed by atoms with Crippen LogP contribution in [0.3, 0.4) is 0 Å². The van der Waals surface area contributed by atoms with Crippen molar-refractivity contribution in [3.8, 4) is 40.1 Å². The van der Waals surface area contributed by atoms with E-state index in [1.54, 1.807) is 0 Å². The zero-order chi connectivity index (χ0) is 41.9. The topological polar surface area (TPSA) is 66.6 Å². The first-order valence-corrected chi connectivity index (χ1v) is 21.5. The second-order valence-electron chi connectivity index (χ2n) is 16.3. The molecule has 9 aromatic carbocycles. The van der Waals surface area contributed by atoms with E-state index in [9.17, 15) is 0 Å². The summed E-state index contributed by atoms with van der Waals surface area (Å²) in [5.74, 6) is 1.63. The van der Waals surface area contributed by atoms with E-state index in [1.165, 1.54) is 0 Å². The molecule has 0 saturated carbocycles. The summed E-state index contributed by atoms with van der Waals surface area (Å²) >= 11 is 0. The Morgan fingerprint density at radius 1 is 0.328 bits per heavy atom. The molecule has 0 aliphatic carbocycles. The maximum Gasteiger partial charge on any atom is 0.238 e. The van der Waals surface area contributed by atoms with E-state index in [0.29, 0.717) is 17.6 Å². The highest BCUT2D eigenvalue weighted by Crippen LogP contribution is 2.47.